The summed E-state index contributed by atoms with van der Waals surface area (Å²) in [5, 5.41) is 0. The van der Waals surface area contributed by atoms with Gasteiger partial charge in [-0.1, -0.05) is 0 Å². The van der Waals surface area contributed by atoms with Crippen LogP contribution in [-0.2, 0) is 12.8 Å². The first-order valence-electron chi connectivity index (χ1n) is 3.91. The van der Waals surface area contributed by atoms with E-state index in [4.69, 9.17) is 0 Å². The molecule has 2 rings (SSSR count). The third-order valence-corrected chi connectivity index (χ3v) is 2.11. The molecule has 0 bridgehead atoms. The van der Waals surface area contributed by atoms with Gasteiger partial charge in [-0.3, -0.25) is 0 Å². The lowest BCUT2D eigenvalue weighted by Gasteiger charge is -1.91. The Morgan fingerprint density at radius 2 is 2.36 bits per heavy atom. The smallest absolute Gasteiger partial charge is 0.258 e. The lowest BCUT2D eigenvalue weighted by atomic mass is 10.3. The van der Waals surface area contributed by atoms with Gasteiger partial charge in [-0.05, 0) is 19.8 Å². The van der Waals surface area contributed by atoms with Crippen molar-refractivity contribution in [3.8, 4) is 0 Å². The number of fused-ring (bicyclic) bond motifs is 1. The molecule has 3 nitrogen and oxygen atoms in total. The molecular formula is C8H11N2O+. The van der Waals surface area contributed by atoms with E-state index < -0.39 is 0 Å². The Labute approximate surface area is 64.7 Å². The van der Waals surface area contributed by atoms with Gasteiger partial charge in [0.1, 0.15) is 0 Å². The summed E-state index contributed by atoms with van der Waals surface area (Å²) in [6, 6.07) is 0. The highest BCUT2D eigenvalue weighted by molar-refractivity contribution is 5.13. The topological polar surface area (TPSA) is 38.8 Å². The van der Waals surface area contributed by atoms with Crippen LogP contribution in [0.25, 0.3) is 0 Å². The van der Waals surface area contributed by atoms with Crippen LogP contribution >= 0.6 is 0 Å². The van der Waals surface area contributed by atoms with Crippen LogP contribution in [0, 0.1) is 11.8 Å². The van der Waals surface area contributed by atoms with Gasteiger partial charge in [0.25, 0.3) is 5.69 Å². The lowest BCUT2D eigenvalue weighted by Crippen LogP contribution is -2.21. The van der Waals surface area contributed by atoms with E-state index in [1.165, 1.54) is 0 Å². The maximum absolute atomic E-state index is 11.2. The van der Waals surface area contributed by atoms with Gasteiger partial charge in [0.15, 0.2) is 0 Å². The van der Waals surface area contributed by atoms with Gasteiger partial charge in [0.2, 0.25) is 6.20 Å². The summed E-state index contributed by atoms with van der Waals surface area (Å²) in [4.78, 5) is 14.4. The zero-order chi connectivity index (χ0) is 7.84. The molecule has 1 N–H and O–H groups in total. The first kappa shape index (κ1) is 6.58. The number of hydrogen-bond donors (Lipinski definition) is 1. The maximum Gasteiger partial charge on any atom is 0.258 e. The van der Waals surface area contributed by atoms with E-state index in [-0.39, 0.29) is 0 Å². The van der Waals surface area contributed by atoms with E-state index in [0.717, 1.165) is 40.8 Å². The lowest BCUT2D eigenvalue weighted by molar-refractivity contribution is -0.505. The van der Waals surface area contributed by atoms with Crippen molar-refractivity contribution in [2.24, 2.45) is 0 Å². The van der Waals surface area contributed by atoms with Crippen LogP contribution in [0.3, 0.4) is 0 Å². The van der Waals surface area contributed by atoms with Gasteiger partial charge in [-0.25, -0.2) is 0 Å². The highest BCUT2D eigenvalue weighted by Gasteiger charge is 2.21. The molecule has 0 aliphatic heterocycles. The summed E-state index contributed by atoms with van der Waals surface area (Å²) in [5.41, 5.74) is 3.00. The minimum atomic E-state index is 0.926. The van der Waals surface area contributed by atoms with Crippen molar-refractivity contribution in [1.82, 2.24) is 4.98 Å². The first-order valence-corrected chi connectivity index (χ1v) is 3.91. The molecule has 0 spiro atoms. The van der Waals surface area contributed by atoms with Crippen LogP contribution in [0.2, 0.25) is 0 Å². The summed E-state index contributed by atoms with van der Waals surface area (Å²) < 4.78 is 0.994. The van der Waals surface area contributed by atoms with Crippen molar-refractivity contribution in [3.63, 3.8) is 0 Å². The van der Waals surface area contributed by atoms with Crippen molar-refractivity contribution in [3.05, 3.63) is 28.2 Å². The molecule has 3 heteroatoms. The summed E-state index contributed by atoms with van der Waals surface area (Å²) in [6.45, 7) is 1.91. The van der Waals surface area contributed by atoms with Crippen LogP contribution in [-0.4, -0.2) is 4.98 Å². The van der Waals surface area contributed by atoms with Crippen LogP contribution in [0.1, 0.15) is 23.5 Å². The molecular weight excluding hydrogens is 140 g/mol. The molecule has 1 aliphatic rings. The van der Waals surface area contributed by atoms with Crippen molar-refractivity contribution in [2.45, 2.75) is 26.2 Å². The Balaban J connectivity index is 2.70. The Hall–Kier alpha value is -1.12. The van der Waals surface area contributed by atoms with Gasteiger partial charge in [-0.15, -0.1) is 0 Å². The summed E-state index contributed by atoms with van der Waals surface area (Å²) >= 11 is 0. The molecule has 0 atom stereocenters. The fourth-order valence-electron chi connectivity index (χ4n) is 1.63. The Kier molecular flexibility index (Phi) is 1.31. The average molecular weight is 151 g/mol. The van der Waals surface area contributed by atoms with Gasteiger partial charge in [0.05, 0.1) is 15.8 Å². The second kappa shape index (κ2) is 2.19. The summed E-state index contributed by atoms with van der Waals surface area (Å²) in [7, 11) is 0. The monoisotopic (exact) mass is 151 g/mol. The number of hydrogen-bond acceptors (Lipinski definition) is 1. The van der Waals surface area contributed by atoms with Gasteiger partial charge >= 0.3 is 0 Å². The second-order valence-electron chi connectivity index (χ2n) is 3.04. The molecule has 11 heavy (non-hydrogen) atoms. The van der Waals surface area contributed by atoms with Gasteiger partial charge < -0.3 is 4.98 Å². The molecule has 1 aliphatic carbocycles. The van der Waals surface area contributed by atoms with E-state index in [9.17, 15) is 4.91 Å². The zero-order valence-electron chi connectivity index (χ0n) is 6.55. The average Bonchev–Trinajstić information content (AvgIpc) is 2.34. The molecule has 0 fully saturated rings. The maximum atomic E-state index is 11.2. The largest absolute Gasteiger partial charge is 0.352 e. The normalized spacial score (nSPS) is 15.0. The fourth-order valence-corrected chi connectivity index (χ4v) is 1.63. The number of H-pyrrole nitrogens is 1. The van der Waals surface area contributed by atoms with Crippen LogP contribution in [0.4, 0.5) is 0 Å². The predicted molar refractivity (Wildman–Crippen MR) is 40.9 cm³/mol. The quantitative estimate of drug-likeness (QED) is 0.545. The molecule has 0 radical (unpaired) electrons. The van der Waals surface area contributed by atoms with Crippen molar-refractivity contribution >= 4 is 0 Å². The molecule has 0 amide bonds. The van der Waals surface area contributed by atoms with Crippen LogP contribution in [0.5, 0.6) is 0 Å². The molecule has 1 heterocycles. The SMILES string of the molecule is Cc1c[n+](=O)c2c([nH]1)CCC2. The van der Waals surface area contributed by atoms with Crippen LogP contribution in [0.15, 0.2) is 6.20 Å². The van der Waals surface area contributed by atoms with Crippen molar-refractivity contribution in [1.29, 1.82) is 0 Å². The third-order valence-electron chi connectivity index (χ3n) is 2.11. The summed E-state index contributed by atoms with van der Waals surface area (Å²) in [5.74, 6) is 0. The molecule has 1 aromatic rings. The number of rotatable bonds is 0. The predicted octanol–water partition coefficient (Wildman–Crippen LogP) is 0.726. The number of aromatic amines is 1. The van der Waals surface area contributed by atoms with E-state index in [0.29, 0.717) is 0 Å². The Bertz CT molecular complexity index is 340. The van der Waals surface area contributed by atoms with E-state index >= 15 is 0 Å². The van der Waals surface area contributed by atoms with Crippen molar-refractivity contribution in [2.75, 3.05) is 0 Å². The number of nitrogens with one attached hydrogen (secondary N) is 1. The van der Waals surface area contributed by atoms with Gasteiger partial charge in [-0.2, -0.15) is 0 Å². The highest BCUT2D eigenvalue weighted by atomic mass is 16.3. The first-order chi connectivity index (χ1) is 5.27. The number of nitrogens with zero attached hydrogens (tertiary/aromatic N) is 1. The number of aryl methyl sites for hydroxylation is 2. The molecule has 0 unspecified atom stereocenters. The Morgan fingerprint density at radius 1 is 1.55 bits per heavy atom. The molecule has 0 aromatic carbocycles. The van der Waals surface area contributed by atoms with Crippen LogP contribution < -0.4 is 4.43 Å². The van der Waals surface area contributed by atoms with E-state index in [1.807, 2.05) is 6.92 Å². The molecule has 0 saturated carbocycles. The summed E-state index contributed by atoms with van der Waals surface area (Å²) in [6.07, 6.45) is 4.66. The minimum absolute atomic E-state index is 0.926. The second-order valence-corrected chi connectivity index (χ2v) is 3.04. The molecule has 0 saturated heterocycles. The standard InChI is InChI=1S/C8H11N2O/c1-6-5-10(11)8-4-2-3-7(8)9-6/h5H,2-4H2,1H3,(H,9,11)/q+1. The van der Waals surface area contributed by atoms with E-state index in [2.05, 4.69) is 4.98 Å². The van der Waals surface area contributed by atoms with Gasteiger partial charge in [0, 0.05) is 11.3 Å². The zero-order valence-corrected chi connectivity index (χ0v) is 6.55. The third kappa shape index (κ3) is 0.964. The highest BCUT2D eigenvalue weighted by Crippen LogP contribution is 2.14. The number of aromatic nitrogens is 2. The van der Waals surface area contributed by atoms with E-state index in [1.54, 1.807) is 6.20 Å². The fraction of sp³-hybridized carbons (Fsp3) is 0.500. The minimum Gasteiger partial charge on any atom is -0.352 e. The van der Waals surface area contributed by atoms with Crippen molar-refractivity contribution < 1.29 is 4.43 Å². The molecule has 58 valence electrons. The molecule has 1 aromatic heterocycles. The Morgan fingerprint density at radius 3 is 3.18 bits per heavy atom.